The highest BCUT2D eigenvalue weighted by Gasteiger charge is 2.18. The van der Waals surface area contributed by atoms with E-state index in [9.17, 15) is 14.5 Å². The molecule has 0 aromatic heterocycles. The van der Waals surface area contributed by atoms with Crippen LogP contribution < -0.4 is 4.74 Å². The molecule has 0 radical (unpaired) electrons. The maximum atomic E-state index is 13.1. The third-order valence-corrected chi connectivity index (χ3v) is 3.17. The van der Waals surface area contributed by atoms with Gasteiger partial charge in [-0.1, -0.05) is 17.7 Å². The van der Waals surface area contributed by atoms with E-state index in [1.807, 2.05) is 0 Å². The second kappa shape index (κ2) is 6.07. The summed E-state index contributed by atoms with van der Waals surface area (Å²) in [4.78, 5) is 10.2. The Morgan fingerprint density at radius 2 is 2.00 bits per heavy atom. The Bertz CT molecular complexity index is 664. The minimum atomic E-state index is -0.719. The molecule has 0 spiro atoms. The van der Waals surface area contributed by atoms with Crippen LogP contribution in [0.3, 0.4) is 0 Å². The molecule has 0 atom stereocenters. The van der Waals surface area contributed by atoms with Crippen LogP contribution in [0.15, 0.2) is 36.4 Å². The number of nitro groups is 1. The number of alkyl halides is 1. The van der Waals surface area contributed by atoms with E-state index >= 15 is 0 Å². The van der Waals surface area contributed by atoms with Crippen molar-refractivity contribution in [3.63, 3.8) is 0 Å². The van der Waals surface area contributed by atoms with Crippen molar-refractivity contribution in [2.45, 2.75) is 5.88 Å². The van der Waals surface area contributed by atoms with Crippen molar-refractivity contribution in [1.29, 1.82) is 0 Å². The average molecular weight is 316 g/mol. The molecule has 0 amide bonds. The smallest absolute Gasteiger partial charge is 0.314 e. The number of hydrogen-bond donors (Lipinski definition) is 0. The summed E-state index contributed by atoms with van der Waals surface area (Å²) in [6.45, 7) is 0. The van der Waals surface area contributed by atoms with E-state index in [1.165, 1.54) is 6.07 Å². The molecule has 4 nitrogen and oxygen atoms in total. The van der Waals surface area contributed by atoms with Crippen LogP contribution in [-0.2, 0) is 5.88 Å². The fourth-order valence-electron chi connectivity index (χ4n) is 1.60. The molecule has 2 aromatic rings. The van der Waals surface area contributed by atoms with Crippen LogP contribution in [0.25, 0.3) is 0 Å². The Balaban J connectivity index is 2.45. The third kappa shape index (κ3) is 3.00. The maximum absolute atomic E-state index is 13.1. The summed E-state index contributed by atoms with van der Waals surface area (Å²) in [6, 6.07) is 7.89. The van der Waals surface area contributed by atoms with Gasteiger partial charge in [0, 0.05) is 10.6 Å². The van der Waals surface area contributed by atoms with Gasteiger partial charge in [0.2, 0.25) is 5.75 Å². The van der Waals surface area contributed by atoms with Crippen molar-refractivity contribution in [2.75, 3.05) is 0 Å². The van der Waals surface area contributed by atoms with Gasteiger partial charge in [0.25, 0.3) is 0 Å². The van der Waals surface area contributed by atoms with E-state index in [2.05, 4.69) is 0 Å². The predicted octanol–water partition coefficient (Wildman–Crippen LogP) is 4.92. The Morgan fingerprint density at radius 1 is 1.25 bits per heavy atom. The molecular formula is C13H8Cl2FNO3. The molecule has 0 aliphatic heterocycles. The van der Waals surface area contributed by atoms with Crippen molar-refractivity contribution in [2.24, 2.45) is 0 Å². The van der Waals surface area contributed by atoms with E-state index in [1.54, 1.807) is 18.2 Å². The highest BCUT2D eigenvalue weighted by molar-refractivity contribution is 6.32. The highest BCUT2D eigenvalue weighted by atomic mass is 35.5. The normalized spacial score (nSPS) is 10.3. The molecule has 0 fully saturated rings. The monoisotopic (exact) mass is 315 g/mol. The van der Waals surface area contributed by atoms with Crippen molar-refractivity contribution in [3.8, 4) is 11.5 Å². The van der Waals surface area contributed by atoms with E-state index in [-0.39, 0.29) is 11.6 Å². The number of benzene rings is 2. The first-order valence-corrected chi connectivity index (χ1v) is 6.39. The average Bonchev–Trinajstić information content (AvgIpc) is 2.41. The summed E-state index contributed by atoms with van der Waals surface area (Å²) in [5.41, 5.74) is 0.0416. The summed E-state index contributed by atoms with van der Waals surface area (Å²) in [5, 5.41) is 11.3. The fraction of sp³-hybridized carbons (Fsp3) is 0.0769. The quantitative estimate of drug-likeness (QED) is 0.457. The van der Waals surface area contributed by atoms with Crippen molar-refractivity contribution >= 4 is 28.9 Å². The van der Waals surface area contributed by atoms with Gasteiger partial charge in [0.05, 0.1) is 16.9 Å². The van der Waals surface area contributed by atoms with Crippen molar-refractivity contribution < 1.29 is 14.1 Å². The van der Waals surface area contributed by atoms with Gasteiger partial charge in [-0.25, -0.2) is 4.39 Å². The van der Waals surface area contributed by atoms with Gasteiger partial charge in [-0.3, -0.25) is 10.1 Å². The summed E-state index contributed by atoms with van der Waals surface area (Å²) < 4.78 is 18.5. The Hall–Kier alpha value is -1.85. The van der Waals surface area contributed by atoms with E-state index in [0.29, 0.717) is 16.3 Å². The lowest BCUT2D eigenvalue weighted by molar-refractivity contribution is -0.385. The first-order valence-electron chi connectivity index (χ1n) is 5.48. The van der Waals surface area contributed by atoms with Crippen molar-refractivity contribution in [3.05, 3.63) is 62.9 Å². The van der Waals surface area contributed by atoms with Crippen LogP contribution in [0.2, 0.25) is 5.02 Å². The summed E-state index contributed by atoms with van der Waals surface area (Å²) in [6.07, 6.45) is 0. The number of ether oxygens (including phenoxy) is 1. The first-order chi connectivity index (χ1) is 9.52. The lowest BCUT2D eigenvalue weighted by atomic mass is 10.2. The molecule has 0 unspecified atom stereocenters. The second-order valence-corrected chi connectivity index (χ2v) is 4.50. The van der Waals surface area contributed by atoms with Crippen LogP contribution in [0.4, 0.5) is 10.1 Å². The van der Waals surface area contributed by atoms with Gasteiger partial charge < -0.3 is 4.74 Å². The molecule has 20 heavy (non-hydrogen) atoms. The summed E-state index contributed by atoms with van der Waals surface area (Å²) in [7, 11) is 0. The highest BCUT2D eigenvalue weighted by Crippen LogP contribution is 2.36. The van der Waals surface area contributed by atoms with Crippen LogP contribution in [-0.4, -0.2) is 4.92 Å². The molecule has 7 heteroatoms. The maximum Gasteiger partial charge on any atom is 0.314 e. The molecule has 0 bridgehead atoms. The van der Waals surface area contributed by atoms with Gasteiger partial charge in [-0.15, -0.1) is 11.6 Å². The Labute approximate surface area is 123 Å². The van der Waals surface area contributed by atoms with E-state index < -0.39 is 16.4 Å². The first kappa shape index (κ1) is 14.6. The predicted molar refractivity (Wildman–Crippen MR) is 74.1 cm³/mol. The molecule has 2 rings (SSSR count). The third-order valence-electron chi connectivity index (χ3n) is 2.55. The lowest BCUT2D eigenvalue weighted by Gasteiger charge is -2.11. The zero-order chi connectivity index (χ0) is 14.7. The van der Waals surface area contributed by atoms with Gasteiger partial charge in [-0.2, -0.15) is 0 Å². The number of nitrogens with zero attached hydrogens (tertiary/aromatic N) is 1. The standard InChI is InChI=1S/C13H8Cl2FNO3/c14-7-9-10(15)2-1-3-12(9)20-13-5-4-8(16)6-11(13)17(18)19/h1-6H,7H2. The second-order valence-electron chi connectivity index (χ2n) is 3.82. The lowest BCUT2D eigenvalue weighted by Crippen LogP contribution is -1.96. The zero-order valence-electron chi connectivity index (χ0n) is 9.98. The molecule has 104 valence electrons. The van der Waals surface area contributed by atoms with E-state index in [4.69, 9.17) is 27.9 Å². The minimum absolute atomic E-state index is 0.0787. The van der Waals surface area contributed by atoms with Crippen LogP contribution in [0, 0.1) is 15.9 Å². The van der Waals surface area contributed by atoms with Crippen LogP contribution >= 0.6 is 23.2 Å². The van der Waals surface area contributed by atoms with Gasteiger partial charge in [0.1, 0.15) is 11.6 Å². The Morgan fingerprint density at radius 3 is 2.65 bits per heavy atom. The van der Waals surface area contributed by atoms with Gasteiger partial charge in [0.15, 0.2) is 0 Å². The summed E-state index contributed by atoms with van der Waals surface area (Å²) >= 11 is 11.7. The minimum Gasteiger partial charge on any atom is -0.450 e. The van der Waals surface area contributed by atoms with Crippen LogP contribution in [0.5, 0.6) is 11.5 Å². The molecule has 0 heterocycles. The molecular weight excluding hydrogens is 308 g/mol. The number of hydrogen-bond acceptors (Lipinski definition) is 3. The Kier molecular flexibility index (Phi) is 4.42. The number of nitro benzene ring substituents is 1. The van der Waals surface area contributed by atoms with E-state index in [0.717, 1.165) is 12.1 Å². The van der Waals surface area contributed by atoms with Gasteiger partial charge in [-0.05, 0) is 24.3 Å². The molecule has 0 saturated carbocycles. The SMILES string of the molecule is O=[N+]([O-])c1cc(F)ccc1Oc1cccc(Cl)c1CCl. The summed E-state index contributed by atoms with van der Waals surface area (Å²) in [5.74, 6) is -0.413. The molecule has 2 aromatic carbocycles. The largest absolute Gasteiger partial charge is 0.450 e. The molecule has 0 saturated heterocycles. The number of rotatable bonds is 4. The van der Waals surface area contributed by atoms with Crippen molar-refractivity contribution in [1.82, 2.24) is 0 Å². The topological polar surface area (TPSA) is 52.4 Å². The number of halogens is 3. The zero-order valence-corrected chi connectivity index (χ0v) is 11.5. The molecule has 0 aliphatic rings. The molecule has 0 N–H and O–H groups in total. The molecule has 0 aliphatic carbocycles. The van der Waals surface area contributed by atoms with Gasteiger partial charge >= 0.3 is 5.69 Å². The van der Waals surface area contributed by atoms with Crippen LogP contribution in [0.1, 0.15) is 5.56 Å². The fourth-order valence-corrected chi connectivity index (χ4v) is 2.18.